The predicted octanol–water partition coefficient (Wildman–Crippen LogP) is 4.19. The van der Waals surface area contributed by atoms with E-state index in [1.165, 1.54) is 5.56 Å². The second-order valence-corrected chi connectivity index (χ2v) is 7.69. The number of nitrogens with one attached hydrogen (secondary N) is 2. The summed E-state index contributed by atoms with van der Waals surface area (Å²) in [5, 5.41) is 6.82. The molecular formula is C21H34IN5. The van der Waals surface area contributed by atoms with E-state index >= 15 is 0 Å². The van der Waals surface area contributed by atoms with Gasteiger partial charge in [-0.2, -0.15) is 0 Å². The van der Waals surface area contributed by atoms with Crippen molar-refractivity contribution >= 4 is 29.9 Å². The normalized spacial score (nSPS) is 12.0. The first-order valence-electron chi connectivity index (χ1n) is 9.50. The fourth-order valence-electron chi connectivity index (χ4n) is 2.84. The van der Waals surface area contributed by atoms with Crippen molar-refractivity contribution in [3.63, 3.8) is 0 Å². The Hall–Kier alpha value is -1.57. The highest BCUT2D eigenvalue weighted by Gasteiger charge is 2.20. The van der Waals surface area contributed by atoms with Crippen LogP contribution in [0.4, 0.5) is 0 Å². The lowest BCUT2D eigenvalue weighted by molar-refractivity contribution is 0.503. The number of aromatic nitrogens is 2. The quantitative estimate of drug-likeness (QED) is 0.337. The third kappa shape index (κ3) is 7.52. The Bertz CT molecular complexity index is 692. The summed E-state index contributed by atoms with van der Waals surface area (Å²) in [5.74, 6) is 2.42. The average Bonchev–Trinajstić information content (AvgIpc) is 3.04. The number of nitrogens with zero attached hydrogens (tertiary/aromatic N) is 3. The number of imidazole rings is 1. The number of halogens is 1. The van der Waals surface area contributed by atoms with Gasteiger partial charge >= 0.3 is 0 Å². The van der Waals surface area contributed by atoms with Gasteiger partial charge < -0.3 is 15.2 Å². The van der Waals surface area contributed by atoms with Crippen LogP contribution < -0.4 is 10.6 Å². The summed E-state index contributed by atoms with van der Waals surface area (Å²) in [6.07, 6.45) is 3.88. The maximum absolute atomic E-state index is 4.73. The van der Waals surface area contributed by atoms with Crippen LogP contribution in [-0.2, 0) is 18.5 Å². The smallest absolute Gasteiger partial charge is 0.191 e. The molecule has 2 aromatic rings. The molecule has 1 aromatic heterocycles. The Kier molecular flexibility index (Phi) is 9.83. The molecule has 5 nitrogen and oxygen atoms in total. The van der Waals surface area contributed by atoms with E-state index in [1.807, 2.05) is 12.4 Å². The van der Waals surface area contributed by atoms with E-state index in [2.05, 4.69) is 85.1 Å². The van der Waals surface area contributed by atoms with Crippen molar-refractivity contribution < 1.29 is 0 Å². The van der Waals surface area contributed by atoms with Gasteiger partial charge in [-0.3, -0.25) is 0 Å². The Morgan fingerprint density at radius 2 is 1.89 bits per heavy atom. The van der Waals surface area contributed by atoms with Crippen molar-refractivity contribution in [2.75, 3.05) is 13.1 Å². The van der Waals surface area contributed by atoms with E-state index in [-0.39, 0.29) is 29.4 Å². The van der Waals surface area contributed by atoms with Crippen molar-refractivity contribution in [3.05, 3.63) is 54.1 Å². The van der Waals surface area contributed by atoms with E-state index in [0.29, 0.717) is 12.5 Å². The van der Waals surface area contributed by atoms with Crippen LogP contribution in [0.15, 0.2) is 47.7 Å². The van der Waals surface area contributed by atoms with E-state index < -0.39 is 0 Å². The summed E-state index contributed by atoms with van der Waals surface area (Å²) in [7, 11) is 0. The average molecular weight is 483 g/mol. The maximum atomic E-state index is 4.73. The van der Waals surface area contributed by atoms with Crippen molar-refractivity contribution in [1.82, 2.24) is 20.2 Å². The van der Waals surface area contributed by atoms with Gasteiger partial charge in [-0.1, -0.05) is 58.0 Å². The second-order valence-electron chi connectivity index (χ2n) is 7.69. The van der Waals surface area contributed by atoms with Crippen LogP contribution in [0.3, 0.4) is 0 Å². The summed E-state index contributed by atoms with van der Waals surface area (Å²) < 4.78 is 2.19. The second kappa shape index (κ2) is 11.3. The molecule has 0 saturated heterocycles. The van der Waals surface area contributed by atoms with Gasteiger partial charge in [0.15, 0.2) is 5.96 Å². The molecule has 0 amide bonds. The van der Waals surface area contributed by atoms with E-state index in [4.69, 9.17) is 4.99 Å². The molecule has 0 radical (unpaired) electrons. The van der Waals surface area contributed by atoms with Gasteiger partial charge in [0, 0.05) is 37.4 Å². The minimum absolute atomic E-state index is 0. The summed E-state index contributed by atoms with van der Waals surface area (Å²) >= 11 is 0. The van der Waals surface area contributed by atoms with Crippen molar-refractivity contribution in [2.45, 2.75) is 53.1 Å². The number of rotatable bonds is 8. The zero-order valence-corrected chi connectivity index (χ0v) is 19.5. The molecule has 0 aliphatic rings. The number of benzene rings is 1. The third-order valence-electron chi connectivity index (χ3n) is 4.34. The Balaban J connectivity index is 0.00000364. The molecule has 0 spiro atoms. The van der Waals surface area contributed by atoms with Crippen molar-refractivity contribution in [3.8, 4) is 0 Å². The first-order valence-corrected chi connectivity index (χ1v) is 9.50. The molecule has 0 fully saturated rings. The fraction of sp³-hybridized carbons (Fsp3) is 0.524. The van der Waals surface area contributed by atoms with Crippen LogP contribution in [0.2, 0.25) is 0 Å². The van der Waals surface area contributed by atoms with Crippen molar-refractivity contribution in [2.24, 2.45) is 10.9 Å². The van der Waals surface area contributed by atoms with Crippen LogP contribution in [0.25, 0.3) is 0 Å². The molecule has 2 rings (SSSR count). The number of aliphatic imine (C=N–C) groups is 1. The molecule has 0 aliphatic carbocycles. The minimum Gasteiger partial charge on any atom is -0.357 e. The zero-order chi connectivity index (χ0) is 19.0. The zero-order valence-electron chi connectivity index (χ0n) is 17.2. The highest BCUT2D eigenvalue weighted by molar-refractivity contribution is 14.0. The summed E-state index contributed by atoms with van der Waals surface area (Å²) in [6, 6.07) is 10.6. The molecule has 0 bridgehead atoms. The molecule has 0 atom stereocenters. The predicted molar refractivity (Wildman–Crippen MR) is 125 cm³/mol. The molecule has 150 valence electrons. The van der Waals surface area contributed by atoms with Crippen molar-refractivity contribution in [1.29, 1.82) is 0 Å². The lowest BCUT2D eigenvalue weighted by Gasteiger charge is -2.26. The lowest BCUT2D eigenvalue weighted by atomic mass is 9.85. The molecule has 0 unspecified atom stereocenters. The summed E-state index contributed by atoms with van der Waals surface area (Å²) in [6.45, 7) is 14.2. The van der Waals surface area contributed by atoms with Gasteiger partial charge in [0.1, 0.15) is 12.4 Å². The Labute approximate surface area is 181 Å². The standard InChI is InChI=1S/C21H33N5.HI/c1-6-22-20(24-14-19-23-12-13-26(19)15-17(2)3)25-16-21(4,5)18-10-8-7-9-11-18;/h7-13,17H,6,14-16H2,1-5H3,(H2,22,24,25);1H. The first kappa shape index (κ1) is 23.5. The monoisotopic (exact) mass is 483 g/mol. The largest absolute Gasteiger partial charge is 0.357 e. The Morgan fingerprint density at radius 3 is 2.52 bits per heavy atom. The summed E-state index contributed by atoms with van der Waals surface area (Å²) in [4.78, 5) is 9.19. The Morgan fingerprint density at radius 1 is 1.19 bits per heavy atom. The van der Waals surface area contributed by atoms with Gasteiger partial charge in [0.25, 0.3) is 0 Å². The van der Waals surface area contributed by atoms with Crippen LogP contribution >= 0.6 is 24.0 Å². The maximum Gasteiger partial charge on any atom is 0.191 e. The highest BCUT2D eigenvalue weighted by Crippen LogP contribution is 2.21. The van der Waals surface area contributed by atoms with Crippen LogP contribution in [0.5, 0.6) is 0 Å². The van der Waals surface area contributed by atoms with Crippen LogP contribution in [0, 0.1) is 5.92 Å². The number of hydrogen-bond donors (Lipinski definition) is 2. The first-order chi connectivity index (χ1) is 12.4. The topological polar surface area (TPSA) is 54.2 Å². The SMILES string of the molecule is CCNC(=NCc1nccn1CC(C)C)NCC(C)(C)c1ccccc1.I. The molecule has 0 saturated carbocycles. The van der Waals surface area contributed by atoms with E-state index in [1.54, 1.807) is 0 Å². The van der Waals surface area contributed by atoms with Crippen LogP contribution in [0.1, 0.15) is 46.0 Å². The lowest BCUT2D eigenvalue weighted by Crippen LogP contribution is -2.43. The summed E-state index contributed by atoms with van der Waals surface area (Å²) in [5.41, 5.74) is 1.34. The van der Waals surface area contributed by atoms with E-state index in [0.717, 1.165) is 31.4 Å². The molecule has 1 aromatic carbocycles. The molecule has 27 heavy (non-hydrogen) atoms. The van der Waals surface area contributed by atoms with Gasteiger partial charge in [0.05, 0.1) is 0 Å². The van der Waals surface area contributed by atoms with E-state index in [9.17, 15) is 0 Å². The highest BCUT2D eigenvalue weighted by atomic mass is 127. The molecule has 0 aliphatic heterocycles. The molecule has 2 N–H and O–H groups in total. The van der Waals surface area contributed by atoms with Gasteiger partial charge in [-0.15, -0.1) is 24.0 Å². The number of guanidine groups is 1. The number of hydrogen-bond acceptors (Lipinski definition) is 2. The molecule has 6 heteroatoms. The third-order valence-corrected chi connectivity index (χ3v) is 4.34. The molecule has 1 heterocycles. The van der Waals surface area contributed by atoms with Gasteiger partial charge in [-0.05, 0) is 18.4 Å². The van der Waals surface area contributed by atoms with Gasteiger partial charge in [0.2, 0.25) is 0 Å². The fourth-order valence-corrected chi connectivity index (χ4v) is 2.84. The molecular weight excluding hydrogens is 449 g/mol. The van der Waals surface area contributed by atoms with Gasteiger partial charge in [-0.25, -0.2) is 9.98 Å². The minimum atomic E-state index is 0. The van der Waals surface area contributed by atoms with Crippen LogP contribution in [-0.4, -0.2) is 28.6 Å².